The lowest BCUT2D eigenvalue weighted by molar-refractivity contribution is 0.156. The summed E-state index contributed by atoms with van der Waals surface area (Å²) in [5, 5.41) is 8.52. The standard InChI is InChI=1S/C16H23N5O2S/c1-13(20-10-8-14(9-11-20)18-24(2,22)23)16-12-21(19-17-16)15-6-4-3-5-7-15/h3-7,12-14,18H,8-11H2,1-2H3. The molecule has 0 spiro atoms. The lowest BCUT2D eigenvalue weighted by atomic mass is 10.0. The SMILES string of the molecule is CC(c1cn(-c2ccccc2)nn1)N1CCC(NS(C)(=O)=O)CC1. The fraction of sp³-hybridized carbons (Fsp3) is 0.500. The zero-order chi connectivity index (χ0) is 17.2. The molecule has 1 saturated heterocycles. The molecule has 1 unspecified atom stereocenters. The number of nitrogens with zero attached hydrogens (tertiary/aromatic N) is 4. The third kappa shape index (κ3) is 4.19. The Balaban J connectivity index is 1.62. The maximum atomic E-state index is 11.3. The minimum absolute atomic E-state index is 0.0310. The van der Waals surface area contributed by atoms with Crippen LogP contribution in [0.4, 0.5) is 0 Å². The molecule has 1 fully saturated rings. The zero-order valence-electron chi connectivity index (χ0n) is 14.0. The lowest BCUT2D eigenvalue weighted by Gasteiger charge is -2.35. The first kappa shape index (κ1) is 17.1. The summed E-state index contributed by atoms with van der Waals surface area (Å²) >= 11 is 0. The highest BCUT2D eigenvalue weighted by Crippen LogP contribution is 2.23. The van der Waals surface area contributed by atoms with Crippen molar-refractivity contribution in [3.8, 4) is 5.69 Å². The predicted octanol–water partition coefficient (Wildman–Crippen LogP) is 1.34. The molecule has 0 bridgehead atoms. The first-order valence-corrected chi connectivity index (χ1v) is 10.0. The Hall–Kier alpha value is -1.77. The van der Waals surface area contributed by atoms with Crippen LogP contribution in [0, 0.1) is 0 Å². The smallest absolute Gasteiger partial charge is 0.208 e. The molecule has 3 rings (SSSR count). The van der Waals surface area contributed by atoms with Gasteiger partial charge in [-0.15, -0.1) is 5.10 Å². The van der Waals surface area contributed by atoms with Crippen molar-refractivity contribution in [3.63, 3.8) is 0 Å². The number of sulfonamides is 1. The van der Waals surface area contributed by atoms with Crippen LogP contribution in [0.25, 0.3) is 5.69 Å². The van der Waals surface area contributed by atoms with Gasteiger partial charge in [0.05, 0.1) is 29.9 Å². The molecule has 0 amide bonds. The van der Waals surface area contributed by atoms with E-state index in [1.54, 1.807) is 4.68 Å². The van der Waals surface area contributed by atoms with Crippen molar-refractivity contribution in [2.45, 2.75) is 31.8 Å². The number of nitrogens with one attached hydrogen (secondary N) is 1. The summed E-state index contributed by atoms with van der Waals surface area (Å²) in [7, 11) is -3.14. The first-order chi connectivity index (χ1) is 11.4. The van der Waals surface area contributed by atoms with Gasteiger partial charge < -0.3 is 0 Å². The summed E-state index contributed by atoms with van der Waals surface area (Å²) < 4.78 is 27.1. The summed E-state index contributed by atoms with van der Waals surface area (Å²) in [6.45, 7) is 3.79. The van der Waals surface area contributed by atoms with E-state index in [0.29, 0.717) is 0 Å². The molecule has 1 aliphatic rings. The maximum Gasteiger partial charge on any atom is 0.208 e. The van der Waals surface area contributed by atoms with E-state index in [0.717, 1.165) is 37.3 Å². The van der Waals surface area contributed by atoms with Crippen molar-refractivity contribution >= 4 is 10.0 Å². The van der Waals surface area contributed by atoms with Gasteiger partial charge in [-0.2, -0.15) is 0 Å². The van der Waals surface area contributed by atoms with Crippen molar-refractivity contribution in [3.05, 3.63) is 42.2 Å². The number of hydrogen-bond donors (Lipinski definition) is 1. The maximum absolute atomic E-state index is 11.3. The van der Waals surface area contributed by atoms with Gasteiger partial charge in [0.2, 0.25) is 10.0 Å². The predicted molar refractivity (Wildman–Crippen MR) is 92.3 cm³/mol. The fourth-order valence-corrected chi connectivity index (χ4v) is 3.91. The highest BCUT2D eigenvalue weighted by atomic mass is 32.2. The number of para-hydroxylation sites is 1. The fourth-order valence-electron chi connectivity index (χ4n) is 3.07. The Kier molecular flexibility index (Phi) is 4.98. The van der Waals surface area contributed by atoms with Crippen LogP contribution in [0.1, 0.15) is 31.5 Å². The second-order valence-corrected chi connectivity index (χ2v) is 8.08. The summed E-state index contributed by atoms with van der Waals surface area (Å²) in [6.07, 6.45) is 4.79. The molecule has 1 N–H and O–H groups in total. The van der Waals surface area contributed by atoms with Gasteiger partial charge in [0.15, 0.2) is 0 Å². The van der Waals surface area contributed by atoms with Crippen LogP contribution >= 0.6 is 0 Å². The van der Waals surface area contributed by atoms with Gasteiger partial charge in [-0.25, -0.2) is 17.8 Å². The van der Waals surface area contributed by atoms with Crippen molar-refractivity contribution in [2.24, 2.45) is 0 Å². The average Bonchev–Trinajstić information content (AvgIpc) is 3.04. The Labute approximate surface area is 142 Å². The first-order valence-electron chi connectivity index (χ1n) is 8.11. The molecule has 7 nitrogen and oxygen atoms in total. The van der Waals surface area contributed by atoms with E-state index < -0.39 is 10.0 Å². The third-order valence-electron chi connectivity index (χ3n) is 4.42. The van der Waals surface area contributed by atoms with E-state index in [4.69, 9.17) is 0 Å². The number of hydrogen-bond acceptors (Lipinski definition) is 5. The molecule has 0 aliphatic carbocycles. The monoisotopic (exact) mass is 349 g/mol. The van der Waals surface area contributed by atoms with E-state index >= 15 is 0 Å². The number of rotatable bonds is 5. The lowest BCUT2D eigenvalue weighted by Crippen LogP contribution is -2.45. The molecule has 1 aromatic heterocycles. The van der Waals surface area contributed by atoms with Crippen LogP contribution in [0.3, 0.4) is 0 Å². The van der Waals surface area contributed by atoms with E-state index in [1.807, 2.05) is 36.5 Å². The molecule has 130 valence electrons. The summed E-state index contributed by atoms with van der Waals surface area (Å²) in [5.41, 5.74) is 1.91. The summed E-state index contributed by atoms with van der Waals surface area (Å²) in [5.74, 6) is 0. The highest BCUT2D eigenvalue weighted by Gasteiger charge is 2.26. The van der Waals surface area contributed by atoms with Crippen LogP contribution in [-0.4, -0.2) is 53.7 Å². The van der Waals surface area contributed by atoms with E-state index in [1.165, 1.54) is 6.26 Å². The molecule has 1 atom stereocenters. The average molecular weight is 349 g/mol. The van der Waals surface area contributed by atoms with Crippen molar-refractivity contribution in [1.82, 2.24) is 24.6 Å². The quantitative estimate of drug-likeness (QED) is 0.881. The van der Waals surface area contributed by atoms with Gasteiger partial charge in [-0.3, -0.25) is 4.90 Å². The Bertz CT molecular complexity index is 767. The van der Waals surface area contributed by atoms with Gasteiger partial charge in [0.25, 0.3) is 0 Å². The van der Waals surface area contributed by atoms with E-state index in [2.05, 4.69) is 26.9 Å². The summed E-state index contributed by atoms with van der Waals surface area (Å²) in [6, 6.07) is 10.1. The summed E-state index contributed by atoms with van der Waals surface area (Å²) in [4.78, 5) is 2.32. The van der Waals surface area contributed by atoms with Crippen LogP contribution in [0.5, 0.6) is 0 Å². The van der Waals surface area contributed by atoms with Gasteiger partial charge >= 0.3 is 0 Å². The molecule has 1 aliphatic heterocycles. The van der Waals surface area contributed by atoms with Gasteiger partial charge in [-0.05, 0) is 31.9 Å². The third-order valence-corrected chi connectivity index (χ3v) is 5.18. The molecule has 0 radical (unpaired) electrons. The largest absolute Gasteiger partial charge is 0.295 e. The van der Waals surface area contributed by atoms with Crippen LogP contribution in [0.2, 0.25) is 0 Å². The van der Waals surface area contributed by atoms with Crippen molar-refractivity contribution in [2.75, 3.05) is 19.3 Å². The number of benzene rings is 1. The zero-order valence-corrected chi connectivity index (χ0v) is 14.8. The number of aromatic nitrogens is 3. The van der Waals surface area contributed by atoms with Crippen molar-refractivity contribution in [1.29, 1.82) is 0 Å². The number of likely N-dealkylation sites (tertiary alicyclic amines) is 1. The molecule has 2 aromatic rings. The Morgan fingerprint density at radius 2 is 1.88 bits per heavy atom. The number of piperidine rings is 1. The van der Waals surface area contributed by atoms with Crippen molar-refractivity contribution < 1.29 is 8.42 Å². The Morgan fingerprint density at radius 1 is 1.21 bits per heavy atom. The molecule has 24 heavy (non-hydrogen) atoms. The second kappa shape index (κ2) is 7.00. The molecule has 8 heteroatoms. The normalized spacial score (nSPS) is 18.6. The minimum atomic E-state index is -3.14. The highest BCUT2D eigenvalue weighted by molar-refractivity contribution is 7.88. The minimum Gasteiger partial charge on any atom is -0.295 e. The van der Waals surface area contributed by atoms with Crippen LogP contribution < -0.4 is 4.72 Å². The second-order valence-electron chi connectivity index (χ2n) is 6.30. The topological polar surface area (TPSA) is 80.1 Å². The van der Waals surface area contributed by atoms with E-state index in [9.17, 15) is 8.42 Å². The van der Waals surface area contributed by atoms with Gasteiger partial charge in [0, 0.05) is 19.1 Å². The molecular weight excluding hydrogens is 326 g/mol. The van der Waals surface area contributed by atoms with Gasteiger partial charge in [-0.1, -0.05) is 23.4 Å². The molecule has 1 aromatic carbocycles. The van der Waals surface area contributed by atoms with Gasteiger partial charge in [0.1, 0.15) is 0 Å². The molecular formula is C16H23N5O2S. The molecule has 2 heterocycles. The Morgan fingerprint density at radius 3 is 2.50 bits per heavy atom. The van der Waals surface area contributed by atoms with Crippen LogP contribution in [0.15, 0.2) is 36.5 Å². The molecule has 0 saturated carbocycles. The van der Waals surface area contributed by atoms with E-state index in [-0.39, 0.29) is 12.1 Å². The van der Waals surface area contributed by atoms with Crippen LogP contribution in [-0.2, 0) is 10.0 Å².